The number of nitrogens with zero attached hydrogens (tertiary/aromatic N) is 2. The minimum Gasteiger partial charge on any atom is -0.496 e. The van der Waals surface area contributed by atoms with Crippen LogP contribution in [0.3, 0.4) is 0 Å². The number of pyridine rings is 1. The van der Waals surface area contributed by atoms with Gasteiger partial charge in [-0.3, -0.25) is 4.79 Å². The normalized spacial score (nSPS) is 17.6. The van der Waals surface area contributed by atoms with Crippen LogP contribution in [0.4, 0.5) is 0 Å². The lowest BCUT2D eigenvalue weighted by Gasteiger charge is -2.21. The summed E-state index contributed by atoms with van der Waals surface area (Å²) in [6.45, 7) is 12.2. The van der Waals surface area contributed by atoms with Crippen molar-refractivity contribution in [2.45, 2.75) is 64.0 Å². The molecule has 0 fully saturated rings. The van der Waals surface area contributed by atoms with Crippen molar-refractivity contribution in [1.82, 2.24) is 9.97 Å². The van der Waals surface area contributed by atoms with Gasteiger partial charge in [-0.25, -0.2) is 9.55 Å². The van der Waals surface area contributed by atoms with Gasteiger partial charge in [0.05, 0.1) is 19.0 Å². The fourth-order valence-electron chi connectivity index (χ4n) is 5.20. The molecule has 5 nitrogen and oxygen atoms in total. The number of fused-ring (bicyclic) bond motifs is 2. The number of hydrogen-bond donors (Lipinski definition) is 3. The van der Waals surface area contributed by atoms with Crippen LogP contribution in [-0.4, -0.2) is 33.9 Å². The molecule has 2 aromatic heterocycles. The summed E-state index contributed by atoms with van der Waals surface area (Å²) < 4.78 is 7.77. The molecule has 1 aliphatic carbocycles. The number of aromatic nitrogens is 3. The quantitative estimate of drug-likeness (QED) is 0.383. The number of aryl methyl sites for hydroxylation is 1. The van der Waals surface area contributed by atoms with Gasteiger partial charge in [0.1, 0.15) is 11.3 Å². The predicted molar refractivity (Wildman–Crippen MR) is 135 cm³/mol. The van der Waals surface area contributed by atoms with Gasteiger partial charge in [-0.1, -0.05) is 4.98 Å². The van der Waals surface area contributed by atoms with E-state index in [4.69, 9.17) is 9.72 Å². The first kappa shape index (κ1) is 23.2. The van der Waals surface area contributed by atoms with Crippen LogP contribution in [0.1, 0.15) is 55.6 Å². The molecule has 0 amide bonds. The Labute approximate surface area is 200 Å². The van der Waals surface area contributed by atoms with E-state index in [9.17, 15) is 4.79 Å². The number of H-pyrrole nitrogens is 1. The zero-order valence-electron chi connectivity index (χ0n) is 19.8. The van der Waals surface area contributed by atoms with E-state index in [2.05, 4.69) is 60.1 Å². The third-order valence-corrected chi connectivity index (χ3v) is 8.00. The molecule has 1 aromatic carbocycles. The average molecular weight is 471 g/mol. The Morgan fingerprint density at radius 1 is 1.16 bits per heavy atom. The van der Waals surface area contributed by atoms with Crippen molar-refractivity contribution in [2.75, 3.05) is 12.9 Å². The Morgan fingerprint density at radius 2 is 1.78 bits per heavy atom. The molecule has 2 heterocycles. The monoisotopic (exact) mass is 470 g/mol. The smallest absolute Gasteiger partial charge is 0.402 e. The number of imidazole rings is 1. The van der Waals surface area contributed by atoms with Crippen molar-refractivity contribution < 1.29 is 14.1 Å². The number of rotatable bonds is 5. The van der Waals surface area contributed by atoms with E-state index >= 15 is 0 Å². The molecule has 1 atom stereocenters. The number of Topliss-reactive ketones (excluding diaryl/α,β-unsaturated/α-hetero) is 1. The summed E-state index contributed by atoms with van der Waals surface area (Å²) in [5, 5.41) is 0.108. The van der Waals surface area contributed by atoms with Crippen molar-refractivity contribution in [3.8, 4) is 11.7 Å². The van der Waals surface area contributed by atoms with E-state index in [1.54, 1.807) is 7.11 Å². The Hall–Kier alpha value is -1.99. The minimum absolute atomic E-state index is 0.108. The molecule has 0 saturated carbocycles. The van der Waals surface area contributed by atoms with Crippen LogP contribution in [0.2, 0.25) is 0 Å². The van der Waals surface area contributed by atoms with E-state index in [0.717, 1.165) is 57.1 Å². The number of ether oxygens (including phenoxy) is 1. The lowest BCUT2D eigenvalue weighted by molar-refractivity contribution is -0.612. The third-order valence-electron chi connectivity index (χ3n) is 6.91. The highest BCUT2D eigenvalue weighted by Crippen LogP contribution is 2.47. The van der Waals surface area contributed by atoms with Gasteiger partial charge < -0.3 is 4.74 Å². The number of nitrogens with one attached hydrogen (secondary N) is 1. The third kappa shape index (κ3) is 3.36. The van der Waals surface area contributed by atoms with Crippen LogP contribution < -0.4 is 9.30 Å². The van der Waals surface area contributed by atoms with E-state index < -0.39 is 10.8 Å². The van der Waals surface area contributed by atoms with Crippen LogP contribution in [0.15, 0.2) is 18.3 Å². The molecule has 1 aliphatic rings. The molecule has 0 saturated heterocycles. The Balaban J connectivity index is 1.93. The first-order valence-corrected chi connectivity index (χ1v) is 12.1. The van der Waals surface area contributed by atoms with E-state index in [0.29, 0.717) is 5.75 Å². The maximum atomic E-state index is 13.0. The molecular weight excluding hydrogens is 438 g/mol. The highest BCUT2D eigenvalue weighted by molar-refractivity contribution is 7.84. The number of hydrogen-bond acceptors (Lipinski definition) is 5. The molecule has 0 radical (unpaired) electrons. The lowest BCUT2D eigenvalue weighted by Crippen LogP contribution is -2.40. The molecule has 32 heavy (non-hydrogen) atoms. The zero-order chi connectivity index (χ0) is 23.6. The summed E-state index contributed by atoms with van der Waals surface area (Å²) in [5.41, 5.74) is 6.08. The maximum Gasteiger partial charge on any atom is 0.402 e. The minimum atomic E-state index is -0.524. The fourth-order valence-corrected chi connectivity index (χ4v) is 5.50. The van der Waals surface area contributed by atoms with Crippen molar-refractivity contribution in [3.05, 3.63) is 46.3 Å². The van der Waals surface area contributed by atoms with Gasteiger partial charge >= 0.3 is 5.95 Å². The fraction of sp³-hybridized carbons (Fsp3) is 0.480. The highest BCUT2D eigenvalue weighted by atomic mass is 32.1. The van der Waals surface area contributed by atoms with Crippen LogP contribution >= 0.6 is 25.3 Å². The van der Waals surface area contributed by atoms with Gasteiger partial charge in [-0.15, -0.1) is 0 Å². The molecule has 170 valence electrons. The van der Waals surface area contributed by atoms with Gasteiger partial charge in [0.2, 0.25) is 0 Å². The van der Waals surface area contributed by atoms with Crippen LogP contribution in [0, 0.1) is 13.8 Å². The van der Waals surface area contributed by atoms with Gasteiger partial charge in [0.15, 0.2) is 11.3 Å². The second-order valence-corrected chi connectivity index (χ2v) is 11.0. The largest absolute Gasteiger partial charge is 0.496 e. The molecule has 0 aliphatic heterocycles. The standard InChI is InChI=1S/C25H31N3O2S2/c1-13-11-28(20(8-15(32)12-31)14(2)21(13)30-7)23-26-18-9-16-17(10-19(18)27-23)25(5,6)22(29)24(16,3)4/h9-11,15H,8,12H2,1-7H3,(H2-,26,27,31,32)/p+1. The Bertz CT molecular complexity index is 1190. The average Bonchev–Trinajstić information content (AvgIpc) is 3.21. The summed E-state index contributed by atoms with van der Waals surface area (Å²) in [5.74, 6) is 2.55. The Morgan fingerprint density at radius 3 is 2.38 bits per heavy atom. The number of methoxy groups -OCH3 is 1. The zero-order valence-corrected chi connectivity index (χ0v) is 21.6. The summed E-state index contributed by atoms with van der Waals surface area (Å²) >= 11 is 9.11. The summed E-state index contributed by atoms with van der Waals surface area (Å²) in [6.07, 6.45) is 2.79. The summed E-state index contributed by atoms with van der Waals surface area (Å²) in [4.78, 5) is 21.5. The molecule has 3 aromatic rings. The van der Waals surface area contributed by atoms with Crippen molar-refractivity contribution in [1.29, 1.82) is 0 Å². The molecule has 0 spiro atoms. The first-order valence-electron chi connectivity index (χ1n) is 10.9. The molecule has 0 bridgehead atoms. The summed E-state index contributed by atoms with van der Waals surface area (Å²) in [7, 11) is 1.70. The van der Waals surface area contributed by atoms with E-state index in [1.807, 2.05) is 34.6 Å². The van der Waals surface area contributed by atoms with Gasteiger partial charge in [-0.2, -0.15) is 25.3 Å². The number of thiol groups is 2. The highest BCUT2D eigenvalue weighted by Gasteiger charge is 2.50. The van der Waals surface area contributed by atoms with Crippen molar-refractivity contribution >= 4 is 42.1 Å². The second kappa shape index (κ2) is 7.80. The molecule has 1 unspecified atom stereocenters. The number of ketones is 1. The van der Waals surface area contributed by atoms with Crippen LogP contribution in [0.25, 0.3) is 17.0 Å². The molecule has 7 heteroatoms. The SMILES string of the molecule is COc1c(C)c[n+](-c2nc3cc4c(cc3[nH]2)C(C)(C)C(=O)C4(C)C)c(CC(S)CS)c1C. The lowest BCUT2D eigenvalue weighted by atomic mass is 9.80. The number of benzene rings is 1. The number of aromatic amines is 1. The van der Waals surface area contributed by atoms with E-state index in [1.165, 1.54) is 0 Å². The second-order valence-electron chi connectivity index (χ2n) is 9.88. The van der Waals surface area contributed by atoms with Crippen LogP contribution in [0.5, 0.6) is 5.75 Å². The Kier molecular flexibility index (Phi) is 5.65. The van der Waals surface area contributed by atoms with E-state index in [-0.39, 0.29) is 11.0 Å². The number of carbonyl (C=O) groups excluding carboxylic acids is 1. The first-order chi connectivity index (χ1) is 14.9. The van der Waals surface area contributed by atoms with Gasteiger partial charge in [0, 0.05) is 39.4 Å². The predicted octanol–water partition coefficient (Wildman–Crippen LogP) is 4.37. The molecule has 4 rings (SSSR count). The summed E-state index contributed by atoms with van der Waals surface area (Å²) in [6, 6.07) is 4.18. The van der Waals surface area contributed by atoms with Crippen molar-refractivity contribution in [2.24, 2.45) is 0 Å². The molecule has 1 N–H and O–H groups in total. The maximum absolute atomic E-state index is 13.0. The molecular formula is C25H32N3O2S2+. The van der Waals surface area contributed by atoms with Crippen molar-refractivity contribution in [3.63, 3.8) is 0 Å². The van der Waals surface area contributed by atoms with Gasteiger partial charge in [-0.05, 0) is 64.8 Å². The number of carbonyl (C=O) groups is 1. The van der Waals surface area contributed by atoms with Crippen LogP contribution in [-0.2, 0) is 22.0 Å². The van der Waals surface area contributed by atoms with Gasteiger partial charge in [0.25, 0.3) is 0 Å². The topological polar surface area (TPSA) is 58.9 Å².